The summed E-state index contributed by atoms with van der Waals surface area (Å²) in [5.74, 6) is 0.164. The Morgan fingerprint density at radius 1 is 1.19 bits per heavy atom. The van der Waals surface area contributed by atoms with Crippen LogP contribution in [0.1, 0.15) is 36.7 Å². The molecule has 1 saturated carbocycles. The minimum atomic E-state index is -4.67. The summed E-state index contributed by atoms with van der Waals surface area (Å²) in [6.45, 7) is 1.82. The van der Waals surface area contributed by atoms with E-state index in [0.29, 0.717) is 35.2 Å². The maximum Gasteiger partial charge on any atom is 0.416 e. The number of nitrogens with one attached hydrogen (secondary N) is 1. The molecule has 1 aromatic carbocycles. The number of carbonyl (C=O) groups is 1. The van der Waals surface area contributed by atoms with Gasteiger partial charge >= 0.3 is 6.18 Å². The van der Waals surface area contributed by atoms with Gasteiger partial charge in [-0.15, -0.1) is 0 Å². The topological polar surface area (TPSA) is 88.5 Å². The van der Waals surface area contributed by atoms with Gasteiger partial charge in [0, 0.05) is 30.7 Å². The van der Waals surface area contributed by atoms with Gasteiger partial charge in [-0.05, 0) is 44.0 Å². The fourth-order valence-electron chi connectivity index (χ4n) is 3.54. The normalized spacial score (nSPS) is 16.1. The number of Topliss-reactive ketones (excluding diaryl/α,β-unsaturated/α-hetero) is 1. The Morgan fingerprint density at radius 3 is 2.52 bits per heavy atom. The van der Waals surface area contributed by atoms with Crippen LogP contribution in [0.25, 0.3) is 0 Å². The smallest absolute Gasteiger partial charge is 0.353 e. The largest absolute Gasteiger partial charge is 0.416 e. The summed E-state index contributed by atoms with van der Waals surface area (Å²) >= 11 is 0. The molecule has 10 heteroatoms. The highest BCUT2D eigenvalue weighted by Gasteiger charge is 2.33. The molecule has 2 aromatic rings. The maximum absolute atomic E-state index is 13.1. The predicted molar refractivity (Wildman–Crippen MR) is 110 cm³/mol. The number of anilines is 2. The summed E-state index contributed by atoms with van der Waals surface area (Å²) in [7, 11) is -3.96. The molecule has 4 rings (SSSR count). The monoisotopic (exact) mass is 451 g/mol. The molecule has 0 radical (unpaired) electrons. The third kappa shape index (κ3) is 4.63. The lowest BCUT2D eigenvalue weighted by Gasteiger charge is -2.16. The molecule has 1 aliphatic heterocycles. The lowest BCUT2D eigenvalue weighted by atomic mass is 10.1. The van der Waals surface area contributed by atoms with Crippen LogP contribution < -0.4 is 5.32 Å². The molecule has 2 aliphatic rings. The van der Waals surface area contributed by atoms with Crippen LogP contribution in [0, 0.1) is 5.92 Å². The SMILES string of the molecule is CC1=Nc2c(Nc3ccc(C(F)(F)F)cc3S(C)(=O)=O)cc(CC(=O)C3CC3)nc2C1. The molecule has 0 amide bonds. The summed E-state index contributed by atoms with van der Waals surface area (Å²) in [6, 6.07) is 4.15. The second kappa shape index (κ2) is 7.44. The first-order valence-electron chi connectivity index (χ1n) is 9.70. The molecule has 1 aliphatic carbocycles. The first kappa shape index (κ1) is 21.5. The van der Waals surface area contributed by atoms with E-state index in [9.17, 15) is 26.4 Å². The summed E-state index contributed by atoms with van der Waals surface area (Å²) < 4.78 is 63.7. The number of pyridine rings is 1. The highest BCUT2D eigenvalue weighted by Crippen LogP contribution is 2.39. The van der Waals surface area contributed by atoms with Gasteiger partial charge < -0.3 is 5.32 Å². The minimum Gasteiger partial charge on any atom is -0.353 e. The number of benzene rings is 1. The van der Waals surface area contributed by atoms with Crippen molar-refractivity contribution in [3.8, 4) is 0 Å². The Morgan fingerprint density at radius 2 is 1.90 bits per heavy atom. The number of fused-ring (bicyclic) bond motifs is 1. The average molecular weight is 451 g/mol. The molecular weight excluding hydrogens is 431 g/mol. The number of alkyl halides is 3. The van der Waals surface area contributed by atoms with Gasteiger partial charge in [-0.2, -0.15) is 13.2 Å². The zero-order valence-corrected chi connectivity index (χ0v) is 17.7. The van der Waals surface area contributed by atoms with E-state index in [4.69, 9.17) is 0 Å². The van der Waals surface area contributed by atoms with Gasteiger partial charge in [0.05, 0.1) is 33.2 Å². The molecular formula is C21H20F3N3O3S. The summed E-state index contributed by atoms with van der Waals surface area (Å²) in [4.78, 5) is 20.8. The van der Waals surface area contributed by atoms with Crippen LogP contribution in [0.15, 0.2) is 34.2 Å². The molecule has 1 fully saturated rings. The van der Waals surface area contributed by atoms with Crippen molar-refractivity contribution in [1.82, 2.24) is 4.98 Å². The van der Waals surface area contributed by atoms with Crippen LogP contribution in [-0.2, 0) is 33.6 Å². The van der Waals surface area contributed by atoms with E-state index in [1.54, 1.807) is 6.07 Å². The van der Waals surface area contributed by atoms with Crippen molar-refractivity contribution in [2.24, 2.45) is 10.9 Å². The van der Waals surface area contributed by atoms with Crippen molar-refractivity contribution in [3.63, 3.8) is 0 Å². The number of halogens is 3. The number of nitrogens with zero attached hydrogens (tertiary/aromatic N) is 2. The highest BCUT2D eigenvalue weighted by atomic mass is 32.2. The lowest BCUT2D eigenvalue weighted by molar-refractivity contribution is -0.137. The van der Waals surface area contributed by atoms with E-state index in [-0.39, 0.29) is 23.8 Å². The second-order valence-electron chi connectivity index (χ2n) is 8.00. The van der Waals surface area contributed by atoms with Crippen molar-refractivity contribution in [3.05, 3.63) is 41.2 Å². The highest BCUT2D eigenvalue weighted by molar-refractivity contribution is 7.90. The maximum atomic E-state index is 13.1. The molecule has 164 valence electrons. The number of ketones is 1. The van der Waals surface area contributed by atoms with Gasteiger partial charge in [0.1, 0.15) is 11.5 Å². The van der Waals surface area contributed by atoms with Crippen LogP contribution in [0.2, 0.25) is 0 Å². The molecule has 6 nitrogen and oxygen atoms in total. The number of rotatable bonds is 6. The molecule has 0 unspecified atom stereocenters. The molecule has 0 bridgehead atoms. The van der Waals surface area contributed by atoms with Crippen molar-refractivity contribution in [2.75, 3.05) is 11.6 Å². The first-order valence-corrected chi connectivity index (χ1v) is 11.6. The minimum absolute atomic E-state index is 0.00289. The van der Waals surface area contributed by atoms with E-state index in [2.05, 4.69) is 15.3 Å². The van der Waals surface area contributed by atoms with E-state index in [1.165, 1.54) is 0 Å². The number of hydrogen-bond acceptors (Lipinski definition) is 6. The van der Waals surface area contributed by atoms with Crippen LogP contribution in [0.5, 0.6) is 0 Å². The Balaban J connectivity index is 1.76. The van der Waals surface area contributed by atoms with Crippen molar-refractivity contribution in [2.45, 2.75) is 43.7 Å². The predicted octanol–water partition coefficient (Wildman–Crippen LogP) is 4.42. The third-order valence-corrected chi connectivity index (χ3v) is 6.35. The average Bonchev–Trinajstić information content (AvgIpc) is 3.42. The Labute approximate surface area is 177 Å². The zero-order valence-electron chi connectivity index (χ0n) is 16.9. The van der Waals surface area contributed by atoms with E-state index >= 15 is 0 Å². The quantitative estimate of drug-likeness (QED) is 0.703. The van der Waals surface area contributed by atoms with Gasteiger partial charge in [0.2, 0.25) is 0 Å². The van der Waals surface area contributed by atoms with Gasteiger partial charge in [0.25, 0.3) is 0 Å². The zero-order chi connectivity index (χ0) is 22.6. The van der Waals surface area contributed by atoms with E-state index in [0.717, 1.165) is 36.9 Å². The molecule has 2 heterocycles. The van der Waals surface area contributed by atoms with E-state index in [1.807, 2.05) is 6.92 Å². The van der Waals surface area contributed by atoms with Gasteiger partial charge in [-0.25, -0.2) is 8.42 Å². The third-order valence-electron chi connectivity index (χ3n) is 5.21. The number of hydrogen-bond donors (Lipinski definition) is 1. The molecule has 1 aromatic heterocycles. The number of carbonyl (C=O) groups excluding carboxylic acids is 1. The molecule has 0 spiro atoms. The molecule has 1 N–H and O–H groups in total. The standard InChI is InChI=1S/C21H20F3N3O3S/c1-11-7-16-20(25-11)17(9-14(26-16)10-18(28)12-3-4-12)27-15-6-5-13(21(22,23)24)8-19(15)31(2,29)30/h5-6,8-9,12H,3-4,7,10H2,1-2H3,(H,26,27). The second-order valence-corrected chi connectivity index (χ2v) is 9.99. The number of sulfone groups is 1. The Kier molecular flexibility index (Phi) is 5.15. The number of aromatic nitrogens is 1. The van der Waals surface area contributed by atoms with Crippen molar-refractivity contribution < 1.29 is 26.4 Å². The Hall–Kier alpha value is -2.75. The van der Waals surface area contributed by atoms with Gasteiger partial charge in [-0.1, -0.05) is 0 Å². The van der Waals surface area contributed by atoms with Gasteiger partial charge in [0.15, 0.2) is 9.84 Å². The van der Waals surface area contributed by atoms with Gasteiger partial charge in [-0.3, -0.25) is 14.8 Å². The fraction of sp³-hybridized carbons (Fsp3) is 0.381. The van der Waals surface area contributed by atoms with Crippen LogP contribution in [0.3, 0.4) is 0 Å². The summed E-state index contributed by atoms with van der Waals surface area (Å²) in [5.41, 5.74) is 1.83. The molecule has 0 atom stereocenters. The van der Waals surface area contributed by atoms with Crippen LogP contribution >= 0.6 is 0 Å². The van der Waals surface area contributed by atoms with E-state index < -0.39 is 26.5 Å². The summed E-state index contributed by atoms with van der Waals surface area (Å²) in [5, 5.41) is 2.93. The summed E-state index contributed by atoms with van der Waals surface area (Å²) in [6.07, 6.45) is -1.43. The molecule has 0 saturated heterocycles. The lowest BCUT2D eigenvalue weighted by Crippen LogP contribution is -2.10. The first-order chi connectivity index (χ1) is 14.4. The van der Waals surface area contributed by atoms with Crippen LogP contribution in [-0.4, -0.2) is 31.2 Å². The Bertz CT molecular complexity index is 1220. The van der Waals surface area contributed by atoms with Crippen molar-refractivity contribution in [1.29, 1.82) is 0 Å². The fourth-order valence-corrected chi connectivity index (χ4v) is 4.40. The van der Waals surface area contributed by atoms with Crippen LogP contribution in [0.4, 0.5) is 30.2 Å². The number of aliphatic imine (C=N–C) groups is 1. The molecule has 31 heavy (non-hydrogen) atoms. The van der Waals surface area contributed by atoms with Crippen molar-refractivity contribution >= 4 is 38.4 Å².